The largest absolute Gasteiger partial charge is 0.496 e. The molecule has 1 fully saturated rings. The van der Waals surface area contributed by atoms with Crippen LogP contribution in [0.5, 0.6) is 5.75 Å². The number of para-hydroxylation sites is 2. The van der Waals surface area contributed by atoms with Gasteiger partial charge in [-0.3, -0.25) is 9.80 Å². The third kappa shape index (κ3) is 5.48. The van der Waals surface area contributed by atoms with E-state index >= 15 is 0 Å². The first-order chi connectivity index (χ1) is 18.2. The van der Waals surface area contributed by atoms with Crippen LogP contribution in [0, 0.1) is 13.8 Å². The molecule has 190 valence electrons. The monoisotopic (exact) mass is 494 g/mol. The Kier molecular flexibility index (Phi) is 7.73. The van der Waals surface area contributed by atoms with E-state index in [0.29, 0.717) is 0 Å². The number of aromatic nitrogens is 4. The number of piperazine rings is 1. The molecule has 3 aromatic carbocycles. The molecule has 37 heavy (non-hydrogen) atoms. The van der Waals surface area contributed by atoms with Crippen molar-refractivity contribution in [2.75, 3.05) is 39.8 Å². The van der Waals surface area contributed by atoms with Crippen molar-refractivity contribution in [3.05, 3.63) is 107 Å². The Morgan fingerprint density at radius 3 is 2.30 bits per heavy atom. The second kappa shape index (κ2) is 11.5. The van der Waals surface area contributed by atoms with Gasteiger partial charge < -0.3 is 4.74 Å². The van der Waals surface area contributed by atoms with Crippen molar-refractivity contribution >= 4 is 6.08 Å². The molecule has 0 bridgehead atoms. The van der Waals surface area contributed by atoms with Crippen molar-refractivity contribution in [3.8, 4) is 11.4 Å². The highest BCUT2D eigenvalue weighted by atomic mass is 16.5. The summed E-state index contributed by atoms with van der Waals surface area (Å²) in [4.78, 5) is 4.97. The van der Waals surface area contributed by atoms with Crippen LogP contribution < -0.4 is 4.74 Å². The van der Waals surface area contributed by atoms with Gasteiger partial charge >= 0.3 is 0 Å². The van der Waals surface area contributed by atoms with Crippen LogP contribution in [-0.2, 0) is 0 Å². The third-order valence-electron chi connectivity index (χ3n) is 7.07. The van der Waals surface area contributed by atoms with Gasteiger partial charge in [0.25, 0.3) is 0 Å². The average Bonchev–Trinajstić information content (AvgIpc) is 3.39. The first kappa shape index (κ1) is 24.9. The zero-order chi connectivity index (χ0) is 25.6. The average molecular weight is 495 g/mol. The molecule has 4 aromatic rings. The number of methoxy groups -OCH3 is 1. The lowest BCUT2D eigenvalue weighted by atomic mass is 10.0. The molecule has 2 heterocycles. The van der Waals surface area contributed by atoms with Gasteiger partial charge in [0.2, 0.25) is 0 Å². The van der Waals surface area contributed by atoms with E-state index in [9.17, 15) is 0 Å². The van der Waals surface area contributed by atoms with Crippen molar-refractivity contribution < 1.29 is 4.74 Å². The Morgan fingerprint density at radius 1 is 0.865 bits per heavy atom. The topological polar surface area (TPSA) is 59.3 Å². The molecule has 0 aliphatic carbocycles. The van der Waals surface area contributed by atoms with Crippen LogP contribution in [0.1, 0.15) is 34.1 Å². The normalized spacial score (nSPS) is 15.8. The summed E-state index contributed by atoms with van der Waals surface area (Å²) in [5.41, 5.74) is 5.62. The van der Waals surface area contributed by atoms with Crippen molar-refractivity contribution in [2.45, 2.75) is 19.9 Å². The molecule has 1 aliphatic heterocycles. The summed E-state index contributed by atoms with van der Waals surface area (Å²) >= 11 is 0. The smallest absolute Gasteiger partial charge is 0.178 e. The first-order valence-corrected chi connectivity index (χ1v) is 12.8. The van der Waals surface area contributed by atoms with Crippen molar-refractivity contribution in [2.24, 2.45) is 0 Å². The lowest BCUT2D eigenvalue weighted by Crippen LogP contribution is -2.48. The van der Waals surface area contributed by atoms with E-state index in [0.717, 1.165) is 66.7 Å². The number of aryl methyl sites for hydroxylation is 2. The summed E-state index contributed by atoms with van der Waals surface area (Å²) < 4.78 is 7.71. The standard InChI is InChI=1S/C30H34N6O/c1-23-11-9-12-24(2)28(23)36-30(31-32-33-36)29(26-16-7-8-17-27(26)37-3)35-21-19-34(20-22-35)18-10-15-25-13-5-4-6-14-25/h4-17,29H,18-22H2,1-3H3. The second-order valence-corrected chi connectivity index (χ2v) is 9.48. The molecule has 1 aliphatic rings. The number of rotatable bonds is 8. The minimum atomic E-state index is -0.132. The fraction of sp³-hybridized carbons (Fsp3) is 0.300. The summed E-state index contributed by atoms with van der Waals surface area (Å²) in [5, 5.41) is 13.2. The Morgan fingerprint density at radius 2 is 1.57 bits per heavy atom. The Hall–Kier alpha value is -3.81. The predicted octanol–water partition coefficient (Wildman–Crippen LogP) is 4.71. The van der Waals surface area contributed by atoms with E-state index in [1.165, 1.54) is 5.56 Å². The van der Waals surface area contributed by atoms with Crippen LogP contribution in [-0.4, -0.2) is 69.8 Å². The van der Waals surface area contributed by atoms with Crippen LogP contribution in [0.25, 0.3) is 11.8 Å². The highest BCUT2D eigenvalue weighted by Gasteiger charge is 2.33. The maximum Gasteiger partial charge on any atom is 0.178 e. The van der Waals surface area contributed by atoms with E-state index in [1.807, 2.05) is 22.9 Å². The summed E-state index contributed by atoms with van der Waals surface area (Å²) in [5.74, 6) is 1.65. The van der Waals surface area contributed by atoms with Crippen LogP contribution in [0.4, 0.5) is 0 Å². The van der Waals surface area contributed by atoms with Crippen molar-refractivity contribution in [1.82, 2.24) is 30.0 Å². The van der Waals surface area contributed by atoms with Gasteiger partial charge in [0, 0.05) is 38.3 Å². The quantitative estimate of drug-likeness (QED) is 0.354. The molecule has 5 rings (SSSR count). The van der Waals surface area contributed by atoms with Gasteiger partial charge in [-0.2, -0.15) is 4.68 Å². The molecule has 0 amide bonds. The van der Waals surface area contributed by atoms with Gasteiger partial charge in [-0.05, 0) is 47.0 Å². The molecule has 0 radical (unpaired) electrons. The number of tetrazole rings is 1. The van der Waals surface area contributed by atoms with E-state index in [1.54, 1.807) is 7.11 Å². The van der Waals surface area contributed by atoms with Crippen LogP contribution >= 0.6 is 0 Å². The molecule has 0 N–H and O–H groups in total. The predicted molar refractivity (Wildman–Crippen MR) is 147 cm³/mol. The number of ether oxygens (including phenoxy) is 1. The fourth-order valence-electron chi connectivity index (χ4n) is 5.16. The van der Waals surface area contributed by atoms with Gasteiger partial charge in [-0.15, -0.1) is 5.10 Å². The molecule has 0 spiro atoms. The van der Waals surface area contributed by atoms with Gasteiger partial charge in [-0.1, -0.05) is 78.9 Å². The van der Waals surface area contributed by atoms with E-state index in [-0.39, 0.29) is 6.04 Å². The molecule has 1 unspecified atom stereocenters. The summed E-state index contributed by atoms with van der Waals surface area (Å²) in [6.07, 6.45) is 4.45. The number of hydrogen-bond acceptors (Lipinski definition) is 6. The third-order valence-corrected chi connectivity index (χ3v) is 7.07. The molecule has 0 saturated carbocycles. The number of benzene rings is 3. The molecule has 7 nitrogen and oxygen atoms in total. The maximum absolute atomic E-state index is 5.80. The number of hydrogen-bond donors (Lipinski definition) is 0. The van der Waals surface area contributed by atoms with E-state index in [4.69, 9.17) is 4.74 Å². The zero-order valence-electron chi connectivity index (χ0n) is 21.8. The SMILES string of the molecule is COc1ccccc1C(c1nnnn1-c1c(C)cccc1C)N1CCN(CC=Cc2ccccc2)CC1. The molecular formula is C30H34N6O. The Bertz CT molecular complexity index is 1320. The number of nitrogens with zero attached hydrogens (tertiary/aromatic N) is 6. The summed E-state index contributed by atoms with van der Waals surface area (Å²) in [6, 6.07) is 24.8. The highest BCUT2D eigenvalue weighted by Crippen LogP contribution is 2.35. The van der Waals surface area contributed by atoms with E-state index < -0.39 is 0 Å². The van der Waals surface area contributed by atoms with Gasteiger partial charge in [0.1, 0.15) is 11.8 Å². The Labute approximate surface area is 219 Å². The van der Waals surface area contributed by atoms with Gasteiger partial charge in [0.15, 0.2) is 5.82 Å². The highest BCUT2D eigenvalue weighted by molar-refractivity contribution is 5.49. The van der Waals surface area contributed by atoms with Crippen LogP contribution in [0.15, 0.2) is 78.9 Å². The molecule has 1 atom stereocenters. The summed E-state index contributed by atoms with van der Waals surface area (Å²) in [7, 11) is 1.72. The lowest BCUT2D eigenvalue weighted by Gasteiger charge is -2.39. The van der Waals surface area contributed by atoms with Crippen LogP contribution in [0.3, 0.4) is 0 Å². The van der Waals surface area contributed by atoms with E-state index in [2.05, 4.69) is 106 Å². The van der Waals surface area contributed by atoms with Crippen LogP contribution in [0.2, 0.25) is 0 Å². The molecule has 1 aromatic heterocycles. The van der Waals surface area contributed by atoms with Crippen molar-refractivity contribution in [3.63, 3.8) is 0 Å². The summed E-state index contributed by atoms with van der Waals surface area (Å²) in [6.45, 7) is 8.89. The molecular weight excluding hydrogens is 460 g/mol. The first-order valence-electron chi connectivity index (χ1n) is 12.8. The second-order valence-electron chi connectivity index (χ2n) is 9.48. The molecule has 1 saturated heterocycles. The van der Waals surface area contributed by atoms with Crippen molar-refractivity contribution in [1.29, 1.82) is 0 Å². The minimum absolute atomic E-state index is 0.132. The fourth-order valence-corrected chi connectivity index (χ4v) is 5.16. The Balaban J connectivity index is 1.42. The molecule has 7 heteroatoms. The lowest BCUT2D eigenvalue weighted by molar-refractivity contribution is 0.112. The maximum atomic E-state index is 5.80. The van der Waals surface area contributed by atoms with Gasteiger partial charge in [-0.25, -0.2) is 0 Å². The minimum Gasteiger partial charge on any atom is -0.496 e. The van der Waals surface area contributed by atoms with Gasteiger partial charge in [0.05, 0.1) is 12.8 Å². The zero-order valence-corrected chi connectivity index (χ0v) is 21.8.